The van der Waals surface area contributed by atoms with E-state index in [0.717, 1.165) is 12.8 Å². The number of nitrogens with one attached hydrogen (secondary N) is 1. The highest BCUT2D eigenvalue weighted by Gasteiger charge is 2.40. The number of rotatable bonds is 4. The monoisotopic (exact) mass is 287 g/mol. The molecule has 1 aliphatic rings. The predicted octanol–water partition coefficient (Wildman–Crippen LogP) is 1.93. The SMILES string of the molecule is CC(O)(CNC(=O)c1ccc(Br)o1)C1CC1. The molecule has 0 radical (unpaired) electrons. The summed E-state index contributed by atoms with van der Waals surface area (Å²) >= 11 is 3.13. The molecule has 88 valence electrons. The van der Waals surface area contributed by atoms with E-state index in [1.165, 1.54) is 0 Å². The van der Waals surface area contributed by atoms with E-state index in [1.807, 2.05) is 0 Å². The highest BCUT2D eigenvalue weighted by molar-refractivity contribution is 9.10. The Bertz CT molecular complexity index is 396. The molecule has 1 heterocycles. The predicted molar refractivity (Wildman–Crippen MR) is 62.1 cm³/mol. The van der Waals surface area contributed by atoms with Gasteiger partial charge in [0.05, 0.1) is 5.60 Å². The van der Waals surface area contributed by atoms with Crippen LogP contribution in [0.3, 0.4) is 0 Å². The van der Waals surface area contributed by atoms with Gasteiger partial charge in [0.15, 0.2) is 10.4 Å². The van der Waals surface area contributed by atoms with Crippen molar-refractivity contribution in [3.63, 3.8) is 0 Å². The summed E-state index contributed by atoms with van der Waals surface area (Å²) in [7, 11) is 0. The van der Waals surface area contributed by atoms with Crippen LogP contribution in [0.1, 0.15) is 30.3 Å². The van der Waals surface area contributed by atoms with Crippen molar-refractivity contribution in [1.82, 2.24) is 5.32 Å². The third kappa shape index (κ3) is 2.65. The Hall–Kier alpha value is -0.810. The molecule has 16 heavy (non-hydrogen) atoms. The summed E-state index contributed by atoms with van der Waals surface area (Å²) in [5.74, 6) is 0.265. The molecular formula is C11H14BrNO3. The number of aliphatic hydroxyl groups is 1. The largest absolute Gasteiger partial charge is 0.444 e. The summed E-state index contributed by atoms with van der Waals surface area (Å²) in [6.45, 7) is 2.01. The number of hydrogen-bond donors (Lipinski definition) is 2. The Morgan fingerprint density at radius 3 is 2.88 bits per heavy atom. The summed E-state index contributed by atoms with van der Waals surface area (Å²) in [6.07, 6.45) is 2.07. The van der Waals surface area contributed by atoms with Crippen LogP contribution in [0.5, 0.6) is 0 Å². The van der Waals surface area contributed by atoms with E-state index in [-0.39, 0.29) is 18.2 Å². The van der Waals surface area contributed by atoms with Crippen molar-refractivity contribution in [3.8, 4) is 0 Å². The van der Waals surface area contributed by atoms with Crippen molar-refractivity contribution in [2.45, 2.75) is 25.4 Å². The van der Waals surface area contributed by atoms with Crippen LogP contribution in [-0.2, 0) is 0 Å². The van der Waals surface area contributed by atoms with Crippen LogP contribution in [-0.4, -0.2) is 23.2 Å². The molecule has 1 amide bonds. The van der Waals surface area contributed by atoms with Gasteiger partial charge in [-0.15, -0.1) is 0 Å². The second-order valence-electron chi connectivity index (χ2n) is 4.42. The Morgan fingerprint density at radius 2 is 2.38 bits per heavy atom. The molecule has 1 unspecified atom stereocenters. The van der Waals surface area contributed by atoms with Gasteiger partial charge in [-0.2, -0.15) is 0 Å². The van der Waals surface area contributed by atoms with Gasteiger partial charge in [-0.25, -0.2) is 0 Å². The lowest BCUT2D eigenvalue weighted by Crippen LogP contribution is -2.42. The van der Waals surface area contributed by atoms with Crippen LogP contribution in [0.25, 0.3) is 0 Å². The normalized spacial score (nSPS) is 19.2. The quantitative estimate of drug-likeness (QED) is 0.890. The Kier molecular flexibility index (Phi) is 3.08. The topological polar surface area (TPSA) is 62.5 Å². The first kappa shape index (κ1) is 11.7. The Labute approximate surface area is 102 Å². The molecule has 1 aliphatic carbocycles. The fourth-order valence-corrected chi connectivity index (χ4v) is 1.94. The van der Waals surface area contributed by atoms with E-state index in [0.29, 0.717) is 10.6 Å². The zero-order valence-corrected chi connectivity index (χ0v) is 10.6. The standard InChI is InChI=1S/C11H14BrNO3/c1-11(15,7-2-3-7)6-13-10(14)8-4-5-9(12)16-8/h4-5,7,15H,2-3,6H2,1H3,(H,13,14). The van der Waals surface area contributed by atoms with Crippen LogP contribution in [0.4, 0.5) is 0 Å². The number of halogens is 1. The number of hydrogen-bond acceptors (Lipinski definition) is 3. The molecule has 0 saturated heterocycles. The van der Waals surface area contributed by atoms with Crippen LogP contribution >= 0.6 is 15.9 Å². The molecule has 1 aromatic heterocycles. The number of furan rings is 1. The number of carbonyl (C=O) groups excluding carboxylic acids is 1. The molecule has 2 rings (SSSR count). The molecule has 1 aromatic rings. The van der Waals surface area contributed by atoms with E-state index >= 15 is 0 Å². The summed E-state index contributed by atoms with van der Waals surface area (Å²) in [4.78, 5) is 11.6. The molecular weight excluding hydrogens is 274 g/mol. The molecule has 0 aliphatic heterocycles. The van der Waals surface area contributed by atoms with Gasteiger partial charge in [0, 0.05) is 6.54 Å². The van der Waals surface area contributed by atoms with Crippen molar-refractivity contribution in [3.05, 3.63) is 22.6 Å². The Balaban J connectivity index is 1.88. The van der Waals surface area contributed by atoms with Gasteiger partial charge in [0.2, 0.25) is 0 Å². The van der Waals surface area contributed by atoms with Crippen molar-refractivity contribution in [2.24, 2.45) is 5.92 Å². The second kappa shape index (κ2) is 4.22. The molecule has 2 N–H and O–H groups in total. The fourth-order valence-electron chi connectivity index (χ4n) is 1.63. The van der Waals surface area contributed by atoms with Gasteiger partial charge in [-0.1, -0.05) is 0 Å². The maximum absolute atomic E-state index is 11.6. The van der Waals surface area contributed by atoms with E-state index in [2.05, 4.69) is 21.2 Å². The minimum absolute atomic E-state index is 0.249. The lowest BCUT2D eigenvalue weighted by molar-refractivity contribution is 0.0349. The Morgan fingerprint density at radius 1 is 1.69 bits per heavy atom. The first-order chi connectivity index (χ1) is 7.49. The average molecular weight is 288 g/mol. The van der Waals surface area contributed by atoms with Gasteiger partial charge < -0.3 is 14.8 Å². The van der Waals surface area contributed by atoms with Gasteiger partial charge in [-0.05, 0) is 53.7 Å². The molecule has 1 atom stereocenters. The summed E-state index contributed by atoms with van der Waals surface area (Å²) in [5.41, 5.74) is -0.806. The maximum Gasteiger partial charge on any atom is 0.287 e. The van der Waals surface area contributed by atoms with Crippen LogP contribution in [0.15, 0.2) is 21.2 Å². The number of amides is 1. The third-order valence-corrected chi connectivity index (χ3v) is 3.29. The van der Waals surface area contributed by atoms with Crippen molar-refractivity contribution >= 4 is 21.8 Å². The van der Waals surface area contributed by atoms with E-state index < -0.39 is 5.60 Å². The van der Waals surface area contributed by atoms with Crippen molar-refractivity contribution in [2.75, 3.05) is 6.54 Å². The number of carbonyl (C=O) groups is 1. The van der Waals surface area contributed by atoms with E-state index in [9.17, 15) is 9.90 Å². The van der Waals surface area contributed by atoms with Crippen molar-refractivity contribution in [1.29, 1.82) is 0 Å². The smallest absolute Gasteiger partial charge is 0.287 e. The first-order valence-electron chi connectivity index (χ1n) is 5.25. The molecule has 0 bridgehead atoms. The minimum Gasteiger partial charge on any atom is -0.444 e. The minimum atomic E-state index is -0.806. The molecule has 1 saturated carbocycles. The second-order valence-corrected chi connectivity index (χ2v) is 5.20. The highest BCUT2D eigenvalue weighted by atomic mass is 79.9. The first-order valence-corrected chi connectivity index (χ1v) is 6.04. The van der Waals surface area contributed by atoms with Gasteiger partial charge in [0.25, 0.3) is 5.91 Å². The fraction of sp³-hybridized carbons (Fsp3) is 0.545. The molecule has 1 fully saturated rings. The maximum atomic E-state index is 11.6. The summed E-state index contributed by atoms with van der Waals surface area (Å²) in [5, 5.41) is 12.7. The molecule has 5 heteroatoms. The molecule has 0 aromatic carbocycles. The van der Waals surface area contributed by atoms with Crippen LogP contribution in [0, 0.1) is 5.92 Å². The van der Waals surface area contributed by atoms with E-state index in [1.54, 1.807) is 19.1 Å². The molecule has 4 nitrogen and oxygen atoms in total. The lowest BCUT2D eigenvalue weighted by atomic mass is 10.0. The highest BCUT2D eigenvalue weighted by Crippen LogP contribution is 2.39. The van der Waals surface area contributed by atoms with Gasteiger partial charge >= 0.3 is 0 Å². The average Bonchev–Trinajstić information content (AvgIpc) is 2.99. The van der Waals surface area contributed by atoms with Gasteiger partial charge in [-0.3, -0.25) is 4.79 Å². The summed E-state index contributed by atoms with van der Waals surface area (Å²) in [6, 6.07) is 3.25. The van der Waals surface area contributed by atoms with Crippen LogP contribution in [0.2, 0.25) is 0 Å². The lowest BCUT2D eigenvalue weighted by Gasteiger charge is -2.22. The van der Waals surface area contributed by atoms with Gasteiger partial charge in [0.1, 0.15) is 0 Å². The summed E-state index contributed by atoms with van der Waals surface area (Å²) < 4.78 is 5.63. The van der Waals surface area contributed by atoms with E-state index in [4.69, 9.17) is 4.42 Å². The third-order valence-electron chi connectivity index (χ3n) is 2.86. The zero-order valence-electron chi connectivity index (χ0n) is 9.00. The van der Waals surface area contributed by atoms with Crippen LogP contribution < -0.4 is 5.32 Å². The van der Waals surface area contributed by atoms with Crippen molar-refractivity contribution < 1.29 is 14.3 Å². The molecule has 0 spiro atoms. The zero-order chi connectivity index (χ0) is 11.8.